The molecule has 5 heteroatoms. The molecule has 0 bridgehead atoms. The second kappa shape index (κ2) is 8.22. The van der Waals surface area contributed by atoms with E-state index in [4.69, 9.17) is 15.2 Å². The summed E-state index contributed by atoms with van der Waals surface area (Å²) in [5.41, 5.74) is 6.25. The van der Waals surface area contributed by atoms with Crippen molar-refractivity contribution in [1.82, 2.24) is 0 Å². The summed E-state index contributed by atoms with van der Waals surface area (Å²) in [4.78, 5) is 0.816. The molecule has 0 aliphatic heterocycles. The summed E-state index contributed by atoms with van der Waals surface area (Å²) in [5.74, 6) is 0.608. The molecule has 0 heterocycles. The molecule has 0 saturated heterocycles. The quantitative estimate of drug-likeness (QED) is 0.565. The van der Waals surface area contributed by atoms with Gasteiger partial charge in [-0.2, -0.15) is 0 Å². The molecule has 1 aromatic rings. The van der Waals surface area contributed by atoms with Gasteiger partial charge in [-0.25, -0.2) is 0 Å². The van der Waals surface area contributed by atoms with Crippen LogP contribution in [0.25, 0.3) is 0 Å². The maximum Gasteiger partial charge on any atom is 0.0700 e. The van der Waals surface area contributed by atoms with E-state index in [0.29, 0.717) is 31.3 Å². The Hall–Kier alpha value is -0.910. The van der Waals surface area contributed by atoms with E-state index in [1.807, 2.05) is 0 Å². The number of hydrogen-bond acceptors (Lipinski definition) is 4. The minimum Gasteiger partial charge on any atom is -0.399 e. The van der Waals surface area contributed by atoms with Crippen molar-refractivity contribution < 1.29 is 13.7 Å². The average molecular weight is 257 g/mol. The molecule has 0 aliphatic carbocycles. The van der Waals surface area contributed by atoms with Gasteiger partial charge in [0.1, 0.15) is 0 Å². The predicted octanol–water partition coefficient (Wildman–Crippen LogP) is 1.43. The number of anilines is 1. The molecule has 0 spiro atoms. The maximum atomic E-state index is 11.8. The van der Waals surface area contributed by atoms with Crippen LogP contribution in [0.15, 0.2) is 29.2 Å². The van der Waals surface area contributed by atoms with Crippen molar-refractivity contribution >= 4 is 16.5 Å². The Morgan fingerprint density at radius 2 is 1.88 bits per heavy atom. The van der Waals surface area contributed by atoms with E-state index in [-0.39, 0.29) is 0 Å². The molecule has 0 fully saturated rings. The summed E-state index contributed by atoms with van der Waals surface area (Å²) in [6.07, 6.45) is 0.778. The fourth-order valence-corrected chi connectivity index (χ4v) is 2.33. The summed E-state index contributed by atoms with van der Waals surface area (Å²) in [6.45, 7) is 1.80. The van der Waals surface area contributed by atoms with Crippen LogP contribution >= 0.6 is 0 Å². The van der Waals surface area contributed by atoms with Gasteiger partial charge in [0.25, 0.3) is 0 Å². The third kappa shape index (κ3) is 5.81. The fourth-order valence-electron chi connectivity index (χ4n) is 1.27. The van der Waals surface area contributed by atoms with Crippen LogP contribution in [0.5, 0.6) is 0 Å². The van der Waals surface area contributed by atoms with Crippen LogP contribution in [0, 0.1) is 0 Å². The zero-order valence-corrected chi connectivity index (χ0v) is 10.9. The van der Waals surface area contributed by atoms with E-state index in [9.17, 15) is 4.21 Å². The Morgan fingerprint density at radius 3 is 2.53 bits per heavy atom. The summed E-state index contributed by atoms with van der Waals surface area (Å²) in [5, 5.41) is 0. The standard InChI is InChI=1S/C12H19NO3S/c1-15-8-9-16-7-2-10-17(14)12-5-3-11(13)4-6-12/h3-6H,2,7-10,13H2,1H3. The molecular weight excluding hydrogens is 238 g/mol. The number of benzene rings is 1. The van der Waals surface area contributed by atoms with Gasteiger partial charge >= 0.3 is 0 Å². The van der Waals surface area contributed by atoms with Crippen molar-refractivity contribution in [2.24, 2.45) is 0 Å². The lowest BCUT2D eigenvalue weighted by molar-refractivity contribution is 0.0713. The van der Waals surface area contributed by atoms with Gasteiger partial charge in [0.05, 0.1) is 24.0 Å². The molecule has 1 atom stereocenters. The lowest BCUT2D eigenvalue weighted by Gasteiger charge is -2.04. The van der Waals surface area contributed by atoms with Crippen molar-refractivity contribution in [2.45, 2.75) is 11.3 Å². The van der Waals surface area contributed by atoms with Gasteiger partial charge in [-0.3, -0.25) is 4.21 Å². The minimum absolute atomic E-state index is 0.588. The third-order valence-electron chi connectivity index (χ3n) is 2.19. The highest BCUT2D eigenvalue weighted by Crippen LogP contribution is 2.10. The number of ether oxygens (including phenoxy) is 2. The van der Waals surface area contributed by atoms with Gasteiger partial charge in [0, 0.05) is 30.1 Å². The smallest absolute Gasteiger partial charge is 0.0700 e. The summed E-state index contributed by atoms with van der Waals surface area (Å²) >= 11 is 0. The lowest BCUT2D eigenvalue weighted by Crippen LogP contribution is -2.06. The molecule has 0 saturated carbocycles. The van der Waals surface area contributed by atoms with Gasteiger partial charge in [0.2, 0.25) is 0 Å². The molecule has 0 amide bonds. The van der Waals surface area contributed by atoms with Crippen LogP contribution in [-0.4, -0.2) is 36.9 Å². The molecule has 96 valence electrons. The second-order valence-corrected chi connectivity index (χ2v) is 5.15. The second-order valence-electron chi connectivity index (χ2n) is 3.58. The minimum atomic E-state index is -0.966. The molecule has 1 unspecified atom stereocenters. The van der Waals surface area contributed by atoms with Crippen molar-refractivity contribution in [1.29, 1.82) is 0 Å². The van der Waals surface area contributed by atoms with E-state index in [1.54, 1.807) is 31.4 Å². The Balaban J connectivity index is 2.19. The zero-order valence-electron chi connectivity index (χ0n) is 10.1. The van der Waals surface area contributed by atoms with Gasteiger partial charge in [0.15, 0.2) is 0 Å². The van der Waals surface area contributed by atoms with Gasteiger partial charge in [-0.1, -0.05) is 0 Å². The highest BCUT2D eigenvalue weighted by Gasteiger charge is 2.02. The van der Waals surface area contributed by atoms with Gasteiger partial charge in [-0.05, 0) is 30.7 Å². The SMILES string of the molecule is COCCOCCCS(=O)c1ccc(N)cc1. The number of rotatable bonds is 8. The van der Waals surface area contributed by atoms with Gasteiger partial charge in [-0.15, -0.1) is 0 Å². The predicted molar refractivity (Wildman–Crippen MR) is 69.4 cm³/mol. The number of nitrogen functional groups attached to an aromatic ring is 1. The van der Waals surface area contributed by atoms with Crippen LogP contribution in [0.1, 0.15) is 6.42 Å². The van der Waals surface area contributed by atoms with Crippen molar-refractivity contribution in [3.05, 3.63) is 24.3 Å². The fraction of sp³-hybridized carbons (Fsp3) is 0.500. The Labute approximate surface area is 105 Å². The number of methoxy groups -OCH3 is 1. The first-order valence-electron chi connectivity index (χ1n) is 5.54. The number of nitrogens with two attached hydrogens (primary N) is 1. The molecule has 0 radical (unpaired) electrons. The molecule has 0 aromatic heterocycles. The van der Waals surface area contributed by atoms with Gasteiger partial charge < -0.3 is 15.2 Å². The van der Waals surface area contributed by atoms with Crippen molar-refractivity contribution in [3.8, 4) is 0 Å². The Kier molecular flexibility index (Phi) is 6.84. The van der Waals surface area contributed by atoms with E-state index in [0.717, 1.165) is 11.3 Å². The topological polar surface area (TPSA) is 61.5 Å². The highest BCUT2D eigenvalue weighted by atomic mass is 32.2. The molecule has 0 aliphatic rings. The monoisotopic (exact) mass is 257 g/mol. The normalized spacial score (nSPS) is 12.5. The Morgan fingerprint density at radius 1 is 1.18 bits per heavy atom. The van der Waals surface area contributed by atoms with Crippen molar-refractivity contribution in [3.63, 3.8) is 0 Å². The number of hydrogen-bond donors (Lipinski definition) is 1. The first-order valence-corrected chi connectivity index (χ1v) is 6.86. The van der Waals surface area contributed by atoms with Crippen LogP contribution in [-0.2, 0) is 20.3 Å². The lowest BCUT2D eigenvalue weighted by atomic mass is 10.3. The summed E-state index contributed by atoms with van der Waals surface area (Å²) in [7, 11) is 0.673. The van der Waals surface area contributed by atoms with Crippen LogP contribution in [0.2, 0.25) is 0 Å². The van der Waals surface area contributed by atoms with E-state index >= 15 is 0 Å². The van der Waals surface area contributed by atoms with E-state index in [2.05, 4.69) is 0 Å². The molecule has 1 aromatic carbocycles. The Bertz CT molecular complexity index is 340. The molecule has 17 heavy (non-hydrogen) atoms. The first-order chi connectivity index (χ1) is 8.24. The molecule has 2 N–H and O–H groups in total. The summed E-state index contributed by atoms with van der Waals surface area (Å²) in [6, 6.07) is 7.14. The average Bonchev–Trinajstić information content (AvgIpc) is 2.34. The highest BCUT2D eigenvalue weighted by molar-refractivity contribution is 7.85. The zero-order chi connectivity index (χ0) is 12.5. The van der Waals surface area contributed by atoms with E-state index in [1.165, 1.54) is 0 Å². The van der Waals surface area contributed by atoms with Crippen molar-refractivity contribution in [2.75, 3.05) is 38.4 Å². The van der Waals surface area contributed by atoms with Crippen LogP contribution in [0.3, 0.4) is 0 Å². The molecular formula is C12H19NO3S. The third-order valence-corrected chi connectivity index (χ3v) is 3.65. The molecule has 1 rings (SSSR count). The largest absolute Gasteiger partial charge is 0.399 e. The van der Waals surface area contributed by atoms with Crippen LogP contribution in [0.4, 0.5) is 5.69 Å². The molecule has 4 nitrogen and oxygen atoms in total. The maximum absolute atomic E-state index is 11.8. The van der Waals surface area contributed by atoms with Crippen LogP contribution < -0.4 is 5.73 Å². The first kappa shape index (κ1) is 14.2. The summed E-state index contributed by atoms with van der Waals surface area (Å²) < 4.78 is 22.0. The van der Waals surface area contributed by atoms with E-state index < -0.39 is 10.8 Å².